The van der Waals surface area contributed by atoms with Crippen molar-refractivity contribution in [3.63, 3.8) is 0 Å². The minimum absolute atomic E-state index is 0.0210. The number of nitrogens with two attached hydrogens (primary N) is 1. The topological polar surface area (TPSA) is 64.2 Å². The standard InChI is InChI=1S/C15H17F3N4OS/c1-21-13(15(16,17)18)7-10(20-21)11-4-5-12(24-11)14(23)22-6-2-3-9(19)8-22/h4-5,7,9H,2-3,6,8,19H2,1H3/t9-/m1/s1. The van der Waals surface area contributed by atoms with E-state index in [-0.39, 0.29) is 17.6 Å². The number of aromatic nitrogens is 2. The van der Waals surface area contributed by atoms with E-state index in [1.807, 2.05) is 0 Å². The van der Waals surface area contributed by atoms with Crippen LogP contribution in [0.2, 0.25) is 0 Å². The number of aryl methyl sites for hydroxylation is 1. The highest BCUT2D eigenvalue weighted by Crippen LogP contribution is 2.34. The normalized spacial score (nSPS) is 18.9. The minimum Gasteiger partial charge on any atom is -0.336 e. The number of hydrogen-bond acceptors (Lipinski definition) is 4. The van der Waals surface area contributed by atoms with Crippen LogP contribution in [-0.2, 0) is 13.2 Å². The highest BCUT2D eigenvalue weighted by Gasteiger charge is 2.35. The Hall–Kier alpha value is -1.87. The molecule has 1 aliphatic rings. The van der Waals surface area contributed by atoms with Crippen molar-refractivity contribution in [1.82, 2.24) is 14.7 Å². The molecule has 1 atom stereocenters. The highest BCUT2D eigenvalue weighted by molar-refractivity contribution is 7.17. The van der Waals surface area contributed by atoms with E-state index < -0.39 is 11.9 Å². The van der Waals surface area contributed by atoms with Gasteiger partial charge in [-0.25, -0.2) is 0 Å². The van der Waals surface area contributed by atoms with Crippen LogP contribution in [0, 0.1) is 0 Å². The summed E-state index contributed by atoms with van der Waals surface area (Å²) in [5, 5.41) is 3.91. The van der Waals surface area contributed by atoms with Crippen LogP contribution >= 0.6 is 11.3 Å². The van der Waals surface area contributed by atoms with Crippen LogP contribution < -0.4 is 5.73 Å². The molecular formula is C15H17F3N4OS. The van der Waals surface area contributed by atoms with Crippen LogP contribution in [0.5, 0.6) is 0 Å². The molecule has 2 N–H and O–H groups in total. The molecule has 0 radical (unpaired) electrons. The minimum atomic E-state index is -4.46. The Morgan fingerprint density at radius 1 is 1.42 bits per heavy atom. The fourth-order valence-corrected chi connectivity index (χ4v) is 3.72. The maximum atomic E-state index is 12.9. The van der Waals surface area contributed by atoms with Crippen LogP contribution in [-0.4, -0.2) is 39.7 Å². The first-order chi connectivity index (χ1) is 11.3. The Morgan fingerprint density at radius 2 is 2.17 bits per heavy atom. The number of carbonyl (C=O) groups is 1. The van der Waals surface area contributed by atoms with E-state index in [0.717, 1.165) is 34.9 Å². The number of piperidine rings is 1. The van der Waals surface area contributed by atoms with E-state index in [1.54, 1.807) is 17.0 Å². The number of amides is 1. The molecular weight excluding hydrogens is 341 g/mol. The molecule has 5 nitrogen and oxygen atoms in total. The highest BCUT2D eigenvalue weighted by atomic mass is 32.1. The fraction of sp³-hybridized carbons (Fsp3) is 0.467. The number of rotatable bonds is 2. The molecule has 0 bridgehead atoms. The summed E-state index contributed by atoms with van der Waals surface area (Å²) < 4.78 is 39.4. The van der Waals surface area contributed by atoms with Gasteiger partial charge in [-0.3, -0.25) is 9.48 Å². The van der Waals surface area contributed by atoms with Gasteiger partial charge in [0.15, 0.2) is 0 Å². The lowest BCUT2D eigenvalue weighted by Gasteiger charge is -2.30. The Balaban J connectivity index is 1.82. The maximum Gasteiger partial charge on any atom is 0.433 e. The Bertz CT molecular complexity index is 752. The van der Waals surface area contributed by atoms with Crippen molar-refractivity contribution in [1.29, 1.82) is 0 Å². The molecule has 2 aromatic rings. The smallest absolute Gasteiger partial charge is 0.336 e. The SMILES string of the molecule is Cn1nc(-c2ccc(C(=O)N3CCC[C@@H](N)C3)s2)cc1C(F)(F)F. The summed E-state index contributed by atoms with van der Waals surface area (Å²) in [5.74, 6) is -0.131. The van der Waals surface area contributed by atoms with Gasteiger partial charge in [0, 0.05) is 26.2 Å². The molecule has 1 fully saturated rings. The molecule has 1 aliphatic heterocycles. The van der Waals surface area contributed by atoms with Crippen LogP contribution in [0.4, 0.5) is 13.2 Å². The molecule has 24 heavy (non-hydrogen) atoms. The zero-order valence-corrected chi connectivity index (χ0v) is 13.8. The molecule has 0 saturated carbocycles. The molecule has 0 aliphatic carbocycles. The van der Waals surface area contributed by atoms with E-state index in [9.17, 15) is 18.0 Å². The predicted molar refractivity (Wildman–Crippen MR) is 84.6 cm³/mol. The van der Waals surface area contributed by atoms with Gasteiger partial charge in [-0.1, -0.05) is 0 Å². The third-order valence-corrected chi connectivity index (χ3v) is 5.08. The summed E-state index contributed by atoms with van der Waals surface area (Å²) in [6.07, 6.45) is -2.70. The average Bonchev–Trinajstić information content (AvgIpc) is 3.12. The molecule has 3 rings (SSSR count). The van der Waals surface area contributed by atoms with Gasteiger partial charge in [0.2, 0.25) is 0 Å². The van der Waals surface area contributed by atoms with Crippen molar-refractivity contribution in [3.8, 4) is 10.6 Å². The number of alkyl halides is 3. The molecule has 130 valence electrons. The van der Waals surface area contributed by atoms with Crippen molar-refractivity contribution >= 4 is 17.2 Å². The molecule has 9 heteroatoms. The van der Waals surface area contributed by atoms with E-state index in [1.165, 1.54) is 7.05 Å². The summed E-state index contributed by atoms with van der Waals surface area (Å²) in [6.45, 7) is 1.16. The van der Waals surface area contributed by atoms with Crippen LogP contribution in [0.25, 0.3) is 10.6 Å². The first-order valence-corrected chi connectivity index (χ1v) is 8.33. The van der Waals surface area contributed by atoms with Crippen LogP contribution in [0.3, 0.4) is 0 Å². The van der Waals surface area contributed by atoms with Gasteiger partial charge < -0.3 is 10.6 Å². The molecule has 0 aromatic carbocycles. The van der Waals surface area contributed by atoms with E-state index in [4.69, 9.17) is 5.73 Å². The zero-order valence-electron chi connectivity index (χ0n) is 13.0. The van der Waals surface area contributed by atoms with Gasteiger partial charge in [0.05, 0.1) is 9.75 Å². The summed E-state index contributed by atoms with van der Waals surface area (Å²) in [7, 11) is 1.25. The number of halogens is 3. The van der Waals surface area contributed by atoms with Crippen molar-refractivity contribution < 1.29 is 18.0 Å². The second-order valence-corrected chi connectivity index (χ2v) is 6.94. The van der Waals surface area contributed by atoms with E-state index in [0.29, 0.717) is 22.8 Å². The lowest BCUT2D eigenvalue weighted by Crippen LogP contribution is -2.45. The summed E-state index contributed by atoms with van der Waals surface area (Å²) in [6, 6.07) is 4.23. The predicted octanol–water partition coefficient (Wildman–Crippen LogP) is 2.73. The lowest BCUT2D eigenvalue weighted by molar-refractivity contribution is -0.143. The van der Waals surface area contributed by atoms with Crippen LogP contribution in [0.1, 0.15) is 28.2 Å². The van der Waals surface area contributed by atoms with Crippen LogP contribution in [0.15, 0.2) is 18.2 Å². The third-order valence-electron chi connectivity index (χ3n) is 3.98. The first kappa shape index (κ1) is 17.0. The molecule has 2 aromatic heterocycles. The number of nitrogens with zero attached hydrogens (tertiary/aromatic N) is 3. The maximum absolute atomic E-state index is 12.9. The van der Waals surface area contributed by atoms with Gasteiger partial charge in [0.1, 0.15) is 11.4 Å². The number of thiophene rings is 1. The Labute approximate surface area is 140 Å². The van der Waals surface area contributed by atoms with Crippen molar-refractivity contribution in [2.75, 3.05) is 13.1 Å². The molecule has 1 amide bonds. The van der Waals surface area contributed by atoms with Crippen molar-refractivity contribution in [3.05, 3.63) is 28.8 Å². The summed E-state index contributed by atoms with van der Waals surface area (Å²) in [4.78, 5) is 15.2. The molecule has 1 saturated heterocycles. The molecule has 0 spiro atoms. The Morgan fingerprint density at radius 3 is 2.79 bits per heavy atom. The fourth-order valence-electron chi connectivity index (χ4n) is 2.79. The second-order valence-electron chi connectivity index (χ2n) is 5.85. The quantitative estimate of drug-likeness (QED) is 0.898. The number of carbonyl (C=O) groups excluding carboxylic acids is 1. The largest absolute Gasteiger partial charge is 0.433 e. The third kappa shape index (κ3) is 3.32. The van der Waals surface area contributed by atoms with Crippen molar-refractivity contribution in [2.24, 2.45) is 12.8 Å². The summed E-state index contributed by atoms with van der Waals surface area (Å²) in [5.41, 5.74) is 5.28. The zero-order chi connectivity index (χ0) is 17.5. The van der Waals surface area contributed by atoms with Crippen molar-refractivity contribution in [2.45, 2.75) is 25.1 Å². The van der Waals surface area contributed by atoms with Gasteiger partial charge >= 0.3 is 6.18 Å². The first-order valence-electron chi connectivity index (χ1n) is 7.52. The Kier molecular flexibility index (Phi) is 4.39. The van der Waals surface area contributed by atoms with Gasteiger partial charge in [-0.15, -0.1) is 11.3 Å². The van der Waals surface area contributed by atoms with E-state index >= 15 is 0 Å². The molecule has 3 heterocycles. The monoisotopic (exact) mass is 358 g/mol. The number of likely N-dealkylation sites (tertiary alicyclic amines) is 1. The number of hydrogen-bond donors (Lipinski definition) is 1. The van der Waals surface area contributed by atoms with Gasteiger partial charge in [-0.05, 0) is 31.0 Å². The van der Waals surface area contributed by atoms with Gasteiger partial charge in [0.25, 0.3) is 5.91 Å². The van der Waals surface area contributed by atoms with Gasteiger partial charge in [-0.2, -0.15) is 18.3 Å². The van der Waals surface area contributed by atoms with E-state index in [2.05, 4.69) is 5.10 Å². The lowest BCUT2D eigenvalue weighted by atomic mass is 10.1. The molecule has 0 unspecified atom stereocenters. The summed E-state index contributed by atoms with van der Waals surface area (Å²) >= 11 is 1.15. The second kappa shape index (κ2) is 6.21. The average molecular weight is 358 g/mol.